The van der Waals surface area contributed by atoms with Crippen LogP contribution in [0.15, 0.2) is 18.2 Å². The SMILES string of the molecule is CNC(CCOC)c1ccc(Cl)c(OC)c1. The topological polar surface area (TPSA) is 30.5 Å². The van der Waals surface area contributed by atoms with Crippen molar-refractivity contribution < 1.29 is 9.47 Å². The van der Waals surface area contributed by atoms with Crippen LogP contribution in [0, 0.1) is 0 Å². The molecule has 0 heterocycles. The number of rotatable bonds is 6. The quantitative estimate of drug-likeness (QED) is 0.833. The number of nitrogens with one attached hydrogen (secondary N) is 1. The van der Waals surface area contributed by atoms with Gasteiger partial charge in [0.1, 0.15) is 5.75 Å². The minimum absolute atomic E-state index is 0.256. The van der Waals surface area contributed by atoms with E-state index >= 15 is 0 Å². The van der Waals surface area contributed by atoms with Crippen molar-refractivity contribution in [2.45, 2.75) is 12.5 Å². The van der Waals surface area contributed by atoms with E-state index in [0.717, 1.165) is 18.6 Å². The minimum Gasteiger partial charge on any atom is -0.495 e. The van der Waals surface area contributed by atoms with Gasteiger partial charge in [0, 0.05) is 19.8 Å². The Labute approximate surface area is 102 Å². The van der Waals surface area contributed by atoms with Crippen LogP contribution in [-0.2, 0) is 4.74 Å². The van der Waals surface area contributed by atoms with E-state index in [1.165, 1.54) is 0 Å². The summed E-state index contributed by atoms with van der Waals surface area (Å²) in [6.45, 7) is 0.719. The monoisotopic (exact) mass is 243 g/mol. The molecule has 1 aromatic rings. The Morgan fingerprint density at radius 3 is 2.69 bits per heavy atom. The van der Waals surface area contributed by atoms with Gasteiger partial charge in [-0.1, -0.05) is 17.7 Å². The Hall–Kier alpha value is -0.770. The van der Waals surface area contributed by atoms with Crippen LogP contribution in [0.1, 0.15) is 18.0 Å². The van der Waals surface area contributed by atoms with Crippen molar-refractivity contribution in [1.29, 1.82) is 0 Å². The maximum atomic E-state index is 5.98. The summed E-state index contributed by atoms with van der Waals surface area (Å²) in [5, 5.41) is 3.88. The molecule has 0 saturated heterocycles. The van der Waals surface area contributed by atoms with Gasteiger partial charge in [0.05, 0.1) is 12.1 Å². The van der Waals surface area contributed by atoms with Gasteiger partial charge in [-0.05, 0) is 31.2 Å². The zero-order valence-electron chi connectivity index (χ0n) is 9.92. The molecule has 0 amide bonds. The number of benzene rings is 1. The van der Waals surface area contributed by atoms with Crippen molar-refractivity contribution in [3.63, 3.8) is 0 Å². The first kappa shape index (κ1) is 13.3. The average molecular weight is 244 g/mol. The second-order valence-electron chi connectivity index (χ2n) is 3.52. The molecule has 1 rings (SSSR count). The highest BCUT2D eigenvalue weighted by molar-refractivity contribution is 6.32. The Morgan fingerprint density at radius 1 is 1.38 bits per heavy atom. The van der Waals surface area contributed by atoms with E-state index in [9.17, 15) is 0 Å². The van der Waals surface area contributed by atoms with E-state index in [0.29, 0.717) is 10.8 Å². The van der Waals surface area contributed by atoms with Crippen LogP contribution in [0.3, 0.4) is 0 Å². The van der Waals surface area contributed by atoms with Crippen LogP contribution < -0.4 is 10.1 Å². The van der Waals surface area contributed by atoms with Gasteiger partial charge in [-0.3, -0.25) is 0 Å². The van der Waals surface area contributed by atoms with Crippen LogP contribution in [0.2, 0.25) is 5.02 Å². The summed E-state index contributed by atoms with van der Waals surface area (Å²) in [4.78, 5) is 0. The molecule has 0 aromatic heterocycles. The van der Waals surface area contributed by atoms with Crippen LogP contribution in [-0.4, -0.2) is 27.9 Å². The second-order valence-corrected chi connectivity index (χ2v) is 3.92. The molecule has 1 N–H and O–H groups in total. The van der Waals surface area contributed by atoms with Crippen molar-refractivity contribution >= 4 is 11.6 Å². The molecule has 1 aromatic carbocycles. The molecule has 1 atom stereocenters. The van der Waals surface area contributed by atoms with Crippen LogP contribution >= 0.6 is 11.6 Å². The number of hydrogen-bond acceptors (Lipinski definition) is 3. The van der Waals surface area contributed by atoms with Crippen LogP contribution in [0.25, 0.3) is 0 Å². The fraction of sp³-hybridized carbons (Fsp3) is 0.500. The van der Waals surface area contributed by atoms with Crippen molar-refractivity contribution in [3.05, 3.63) is 28.8 Å². The fourth-order valence-electron chi connectivity index (χ4n) is 1.61. The van der Waals surface area contributed by atoms with E-state index in [1.807, 2.05) is 25.2 Å². The lowest BCUT2D eigenvalue weighted by molar-refractivity contribution is 0.184. The summed E-state index contributed by atoms with van der Waals surface area (Å²) in [5.41, 5.74) is 1.15. The highest BCUT2D eigenvalue weighted by Crippen LogP contribution is 2.28. The smallest absolute Gasteiger partial charge is 0.137 e. The molecular weight excluding hydrogens is 226 g/mol. The summed E-state index contributed by atoms with van der Waals surface area (Å²) in [7, 11) is 5.26. The van der Waals surface area contributed by atoms with Gasteiger partial charge in [-0.25, -0.2) is 0 Å². The van der Waals surface area contributed by atoms with Crippen molar-refractivity contribution in [2.24, 2.45) is 0 Å². The van der Waals surface area contributed by atoms with Crippen molar-refractivity contribution in [2.75, 3.05) is 27.9 Å². The number of methoxy groups -OCH3 is 2. The third-order valence-electron chi connectivity index (χ3n) is 2.54. The summed E-state index contributed by atoms with van der Waals surface area (Å²) >= 11 is 5.98. The Balaban J connectivity index is 2.83. The normalized spacial score (nSPS) is 12.5. The fourth-order valence-corrected chi connectivity index (χ4v) is 1.80. The molecule has 3 nitrogen and oxygen atoms in total. The van der Waals surface area contributed by atoms with Gasteiger partial charge >= 0.3 is 0 Å². The molecule has 0 bridgehead atoms. The van der Waals surface area contributed by atoms with E-state index < -0.39 is 0 Å². The molecule has 0 saturated carbocycles. The molecule has 4 heteroatoms. The minimum atomic E-state index is 0.256. The van der Waals surface area contributed by atoms with Gasteiger partial charge < -0.3 is 14.8 Å². The van der Waals surface area contributed by atoms with Gasteiger partial charge in [0.25, 0.3) is 0 Å². The number of halogens is 1. The zero-order valence-corrected chi connectivity index (χ0v) is 10.7. The third-order valence-corrected chi connectivity index (χ3v) is 2.85. The first-order valence-electron chi connectivity index (χ1n) is 5.22. The molecule has 0 spiro atoms. The molecule has 16 heavy (non-hydrogen) atoms. The largest absolute Gasteiger partial charge is 0.495 e. The molecule has 0 aliphatic rings. The average Bonchev–Trinajstić information content (AvgIpc) is 2.32. The second kappa shape index (κ2) is 6.74. The predicted molar refractivity (Wildman–Crippen MR) is 66.3 cm³/mol. The van der Waals surface area contributed by atoms with E-state index in [2.05, 4.69) is 5.32 Å². The predicted octanol–water partition coefficient (Wildman–Crippen LogP) is 2.65. The maximum absolute atomic E-state index is 5.98. The van der Waals surface area contributed by atoms with Gasteiger partial charge in [0.15, 0.2) is 0 Å². The van der Waals surface area contributed by atoms with Crippen molar-refractivity contribution in [3.8, 4) is 5.75 Å². The molecular formula is C12H18ClNO2. The van der Waals surface area contributed by atoms with Gasteiger partial charge in [-0.2, -0.15) is 0 Å². The lowest BCUT2D eigenvalue weighted by Crippen LogP contribution is -2.18. The highest BCUT2D eigenvalue weighted by Gasteiger charge is 2.11. The summed E-state index contributed by atoms with van der Waals surface area (Å²) in [5.74, 6) is 0.705. The molecule has 1 unspecified atom stereocenters. The molecule has 0 aliphatic carbocycles. The van der Waals surface area contributed by atoms with Gasteiger partial charge in [0.2, 0.25) is 0 Å². The molecule has 0 fully saturated rings. The maximum Gasteiger partial charge on any atom is 0.137 e. The Bertz CT molecular complexity index is 331. The Morgan fingerprint density at radius 2 is 2.12 bits per heavy atom. The van der Waals surface area contributed by atoms with Gasteiger partial charge in [-0.15, -0.1) is 0 Å². The lowest BCUT2D eigenvalue weighted by Gasteiger charge is -2.17. The van der Waals surface area contributed by atoms with Crippen molar-refractivity contribution in [1.82, 2.24) is 5.32 Å². The van der Waals surface area contributed by atoms with E-state index in [-0.39, 0.29) is 6.04 Å². The van der Waals surface area contributed by atoms with E-state index in [1.54, 1.807) is 14.2 Å². The van der Waals surface area contributed by atoms with Crippen LogP contribution in [0.4, 0.5) is 0 Å². The Kier molecular flexibility index (Phi) is 5.60. The molecule has 0 radical (unpaired) electrons. The third kappa shape index (κ3) is 3.37. The molecule has 90 valence electrons. The first-order chi connectivity index (χ1) is 7.72. The molecule has 0 aliphatic heterocycles. The lowest BCUT2D eigenvalue weighted by atomic mass is 10.0. The van der Waals surface area contributed by atoms with Crippen LogP contribution in [0.5, 0.6) is 5.75 Å². The number of hydrogen-bond donors (Lipinski definition) is 1. The number of ether oxygens (including phenoxy) is 2. The zero-order chi connectivity index (χ0) is 12.0. The summed E-state index contributed by atoms with van der Waals surface area (Å²) in [6, 6.07) is 6.07. The summed E-state index contributed by atoms with van der Waals surface area (Å²) in [6.07, 6.45) is 0.914. The van der Waals surface area contributed by atoms with E-state index in [4.69, 9.17) is 21.1 Å². The summed E-state index contributed by atoms with van der Waals surface area (Å²) < 4.78 is 10.3. The highest BCUT2D eigenvalue weighted by atomic mass is 35.5. The standard InChI is InChI=1S/C12H18ClNO2/c1-14-11(6-7-15-2)9-4-5-10(13)12(8-9)16-3/h4-5,8,11,14H,6-7H2,1-3H3. The first-order valence-corrected chi connectivity index (χ1v) is 5.60.